The minimum absolute atomic E-state index is 0.267. The Morgan fingerprint density at radius 1 is 1.21 bits per heavy atom. The summed E-state index contributed by atoms with van der Waals surface area (Å²) in [6.07, 6.45) is 5.34. The molecule has 0 bridgehead atoms. The van der Waals surface area contributed by atoms with E-state index < -0.39 is 0 Å². The van der Waals surface area contributed by atoms with E-state index in [1.54, 1.807) is 0 Å². The Morgan fingerprint density at radius 2 is 1.86 bits per heavy atom. The molecule has 0 N–H and O–H groups in total. The Kier molecular flexibility index (Phi) is 8.70. The normalized spacial score (nSPS) is 15.9. The van der Waals surface area contributed by atoms with Crippen molar-refractivity contribution >= 4 is 11.6 Å². The molecule has 0 aliphatic rings. The van der Waals surface area contributed by atoms with Gasteiger partial charge in [-0.15, -0.1) is 11.6 Å². The standard InChI is InChI=1S/C12H26ClN/c1-5-7-8-12(6-2)10-14(4)9-11(3)13/h11-12H,5-10H2,1-4H3. The van der Waals surface area contributed by atoms with Gasteiger partial charge in [0.05, 0.1) is 0 Å². The smallest absolute Gasteiger partial charge is 0.0434 e. The zero-order chi connectivity index (χ0) is 11.0. The van der Waals surface area contributed by atoms with Gasteiger partial charge in [-0.25, -0.2) is 0 Å². The monoisotopic (exact) mass is 219 g/mol. The summed E-state index contributed by atoms with van der Waals surface area (Å²) in [7, 11) is 2.17. The predicted octanol–water partition coefficient (Wildman–Crippen LogP) is 3.76. The van der Waals surface area contributed by atoms with Gasteiger partial charge in [0.15, 0.2) is 0 Å². The third-order valence-electron chi connectivity index (χ3n) is 2.68. The molecular formula is C12H26ClN. The van der Waals surface area contributed by atoms with Gasteiger partial charge in [0, 0.05) is 18.5 Å². The molecule has 0 radical (unpaired) electrons. The Labute approximate surface area is 94.8 Å². The molecule has 2 unspecified atom stereocenters. The number of unbranched alkanes of at least 4 members (excludes halogenated alkanes) is 1. The molecule has 0 aromatic heterocycles. The molecule has 0 aromatic rings. The number of nitrogens with zero attached hydrogens (tertiary/aromatic N) is 1. The van der Waals surface area contributed by atoms with Crippen LogP contribution in [0.1, 0.15) is 46.5 Å². The Hall–Kier alpha value is 0.250. The summed E-state index contributed by atoms with van der Waals surface area (Å²) in [5, 5.41) is 0.267. The second-order valence-electron chi connectivity index (χ2n) is 4.42. The molecule has 0 aliphatic carbocycles. The van der Waals surface area contributed by atoms with Gasteiger partial charge >= 0.3 is 0 Å². The zero-order valence-electron chi connectivity index (χ0n) is 10.2. The molecule has 86 valence electrons. The van der Waals surface area contributed by atoms with E-state index in [2.05, 4.69) is 32.7 Å². The molecule has 0 amide bonds. The molecule has 0 aromatic carbocycles. The first-order chi connectivity index (χ1) is 6.60. The molecule has 0 aliphatic heterocycles. The van der Waals surface area contributed by atoms with Crippen LogP contribution in [0.2, 0.25) is 0 Å². The Bertz CT molecular complexity index is 125. The Balaban J connectivity index is 3.68. The van der Waals surface area contributed by atoms with Gasteiger partial charge in [0.25, 0.3) is 0 Å². The van der Waals surface area contributed by atoms with Crippen molar-refractivity contribution in [3.63, 3.8) is 0 Å². The number of hydrogen-bond donors (Lipinski definition) is 0. The maximum Gasteiger partial charge on any atom is 0.0434 e. The lowest BCUT2D eigenvalue weighted by molar-refractivity contribution is 0.261. The second-order valence-corrected chi connectivity index (χ2v) is 5.16. The van der Waals surface area contributed by atoms with Crippen LogP contribution >= 0.6 is 11.6 Å². The highest BCUT2D eigenvalue weighted by Crippen LogP contribution is 2.14. The second kappa shape index (κ2) is 8.55. The van der Waals surface area contributed by atoms with Crippen LogP contribution < -0.4 is 0 Å². The van der Waals surface area contributed by atoms with Crippen molar-refractivity contribution in [1.29, 1.82) is 0 Å². The first-order valence-electron chi connectivity index (χ1n) is 5.92. The van der Waals surface area contributed by atoms with Gasteiger partial charge in [0.1, 0.15) is 0 Å². The molecule has 0 saturated carbocycles. The SMILES string of the molecule is CCCCC(CC)CN(C)CC(C)Cl. The predicted molar refractivity (Wildman–Crippen MR) is 66.1 cm³/mol. The van der Waals surface area contributed by atoms with E-state index in [0.29, 0.717) is 0 Å². The number of rotatable bonds is 8. The van der Waals surface area contributed by atoms with Gasteiger partial charge in [-0.3, -0.25) is 0 Å². The topological polar surface area (TPSA) is 3.24 Å². The van der Waals surface area contributed by atoms with E-state index in [9.17, 15) is 0 Å². The van der Waals surface area contributed by atoms with Crippen LogP contribution in [-0.4, -0.2) is 30.4 Å². The minimum atomic E-state index is 0.267. The van der Waals surface area contributed by atoms with E-state index in [1.807, 2.05) is 0 Å². The average Bonchev–Trinajstić information content (AvgIpc) is 2.10. The first kappa shape index (κ1) is 14.2. The fourth-order valence-electron chi connectivity index (χ4n) is 1.86. The van der Waals surface area contributed by atoms with Gasteiger partial charge in [0.2, 0.25) is 0 Å². The highest BCUT2D eigenvalue weighted by Gasteiger charge is 2.10. The molecule has 0 rings (SSSR count). The third-order valence-corrected chi connectivity index (χ3v) is 2.81. The van der Waals surface area contributed by atoms with Crippen molar-refractivity contribution in [2.75, 3.05) is 20.1 Å². The summed E-state index contributed by atoms with van der Waals surface area (Å²) in [4.78, 5) is 2.36. The molecular weight excluding hydrogens is 194 g/mol. The molecule has 14 heavy (non-hydrogen) atoms. The average molecular weight is 220 g/mol. The molecule has 0 fully saturated rings. The quantitative estimate of drug-likeness (QED) is 0.562. The van der Waals surface area contributed by atoms with Crippen molar-refractivity contribution in [3.8, 4) is 0 Å². The molecule has 1 nitrogen and oxygen atoms in total. The van der Waals surface area contributed by atoms with Crippen LogP contribution in [0.15, 0.2) is 0 Å². The van der Waals surface area contributed by atoms with Crippen LogP contribution in [0.25, 0.3) is 0 Å². The van der Waals surface area contributed by atoms with Crippen molar-refractivity contribution < 1.29 is 0 Å². The van der Waals surface area contributed by atoms with E-state index in [1.165, 1.54) is 32.2 Å². The van der Waals surface area contributed by atoms with Crippen LogP contribution in [0, 0.1) is 5.92 Å². The lowest BCUT2D eigenvalue weighted by Crippen LogP contribution is -2.30. The van der Waals surface area contributed by atoms with Crippen molar-refractivity contribution in [2.45, 2.75) is 51.8 Å². The van der Waals surface area contributed by atoms with Crippen LogP contribution in [0.3, 0.4) is 0 Å². The minimum Gasteiger partial charge on any atom is -0.305 e. The van der Waals surface area contributed by atoms with Crippen molar-refractivity contribution in [2.24, 2.45) is 5.92 Å². The maximum atomic E-state index is 5.96. The van der Waals surface area contributed by atoms with E-state index in [4.69, 9.17) is 11.6 Å². The van der Waals surface area contributed by atoms with Gasteiger partial charge in [-0.2, -0.15) is 0 Å². The number of hydrogen-bond acceptors (Lipinski definition) is 1. The zero-order valence-corrected chi connectivity index (χ0v) is 11.0. The lowest BCUT2D eigenvalue weighted by Gasteiger charge is -2.23. The maximum absolute atomic E-state index is 5.96. The summed E-state index contributed by atoms with van der Waals surface area (Å²) >= 11 is 5.96. The summed E-state index contributed by atoms with van der Waals surface area (Å²) in [5.41, 5.74) is 0. The van der Waals surface area contributed by atoms with Gasteiger partial charge in [-0.1, -0.05) is 33.1 Å². The first-order valence-corrected chi connectivity index (χ1v) is 6.36. The van der Waals surface area contributed by atoms with Crippen molar-refractivity contribution in [3.05, 3.63) is 0 Å². The summed E-state index contributed by atoms with van der Waals surface area (Å²) in [6.45, 7) is 8.82. The van der Waals surface area contributed by atoms with E-state index in [0.717, 1.165) is 12.5 Å². The van der Waals surface area contributed by atoms with E-state index >= 15 is 0 Å². The molecule has 0 spiro atoms. The fourth-order valence-corrected chi connectivity index (χ4v) is 2.10. The highest BCUT2D eigenvalue weighted by atomic mass is 35.5. The van der Waals surface area contributed by atoms with Crippen molar-refractivity contribution in [1.82, 2.24) is 4.90 Å². The highest BCUT2D eigenvalue weighted by molar-refractivity contribution is 6.20. The third kappa shape index (κ3) is 7.64. The fraction of sp³-hybridized carbons (Fsp3) is 1.00. The largest absolute Gasteiger partial charge is 0.305 e. The number of halogens is 1. The number of alkyl halides is 1. The van der Waals surface area contributed by atoms with E-state index in [-0.39, 0.29) is 5.38 Å². The summed E-state index contributed by atoms with van der Waals surface area (Å²) in [6, 6.07) is 0. The molecule has 2 atom stereocenters. The van der Waals surface area contributed by atoms with Crippen LogP contribution in [-0.2, 0) is 0 Å². The van der Waals surface area contributed by atoms with Gasteiger partial charge < -0.3 is 4.90 Å². The van der Waals surface area contributed by atoms with Crippen LogP contribution in [0.4, 0.5) is 0 Å². The Morgan fingerprint density at radius 3 is 2.29 bits per heavy atom. The molecule has 0 saturated heterocycles. The van der Waals surface area contributed by atoms with Crippen LogP contribution in [0.5, 0.6) is 0 Å². The molecule has 2 heteroatoms. The van der Waals surface area contributed by atoms with Gasteiger partial charge in [-0.05, 0) is 26.3 Å². The summed E-state index contributed by atoms with van der Waals surface area (Å²) in [5.74, 6) is 0.857. The summed E-state index contributed by atoms with van der Waals surface area (Å²) < 4.78 is 0. The molecule has 0 heterocycles. The lowest BCUT2D eigenvalue weighted by atomic mass is 9.99.